The number of hydrogen-bond donors (Lipinski definition) is 0. The molecule has 0 saturated heterocycles. The minimum atomic E-state index is -3.34. The van der Waals surface area contributed by atoms with Crippen molar-refractivity contribution in [2.75, 3.05) is 21.1 Å². The molecule has 0 aromatic carbocycles. The molecule has 1 aromatic rings. The van der Waals surface area contributed by atoms with Gasteiger partial charge in [-0.1, -0.05) is 6.07 Å². The molecule has 0 N–H and O–H groups in total. The van der Waals surface area contributed by atoms with E-state index in [1.165, 1.54) is 22.7 Å². The molecular formula is C9H15N3O2S. The van der Waals surface area contributed by atoms with Crippen LogP contribution in [-0.4, -0.2) is 43.2 Å². The molecule has 0 bridgehead atoms. The third kappa shape index (κ3) is 2.98. The molecule has 0 saturated carbocycles. The summed E-state index contributed by atoms with van der Waals surface area (Å²) in [6.07, 6.45) is 3.31. The predicted octanol–water partition coefficient (Wildman–Crippen LogP) is 0.320. The zero-order chi connectivity index (χ0) is 11.5. The van der Waals surface area contributed by atoms with E-state index in [0.717, 1.165) is 5.56 Å². The summed E-state index contributed by atoms with van der Waals surface area (Å²) in [7, 11) is 1.23. The molecule has 0 atom stereocenters. The Labute approximate surface area is 90.5 Å². The summed E-state index contributed by atoms with van der Waals surface area (Å²) < 4.78 is 25.8. The highest BCUT2D eigenvalue weighted by atomic mass is 32.2. The molecule has 6 heteroatoms. The van der Waals surface area contributed by atoms with Crippen LogP contribution < -0.4 is 0 Å². The molecule has 15 heavy (non-hydrogen) atoms. The van der Waals surface area contributed by atoms with Gasteiger partial charge in [0, 0.05) is 40.1 Å². The van der Waals surface area contributed by atoms with Crippen LogP contribution >= 0.6 is 0 Å². The number of hydrogen-bond acceptors (Lipinski definition) is 3. The zero-order valence-corrected chi connectivity index (χ0v) is 9.90. The van der Waals surface area contributed by atoms with Crippen molar-refractivity contribution in [3.05, 3.63) is 30.1 Å². The third-order valence-electron chi connectivity index (χ3n) is 1.98. The van der Waals surface area contributed by atoms with Crippen molar-refractivity contribution in [2.45, 2.75) is 6.54 Å². The molecule has 0 spiro atoms. The highest BCUT2D eigenvalue weighted by Gasteiger charge is 2.20. The Bertz CT molecular complexity index is 403. The Morgan fingerprint density at radius 3 is 2.47 bits per heavy atom. The van der Waals surface area contributed by atoms with E-state index in [-0.39, 0.29) is 0 Å². The first kappa shape index (κ1) is 12.1. The Morgan fingerprint density at radius 1 is 1.33 bits per heavy atom. The highest BCUT2D eigenvalue weighted by Crippen LogP contribution is 2.07. The second kappa shape index (κ2) is 4.69. The lowest BCUT2D eigenvalue weighted by Crippen LogP contribution is -2.36. The average molecular weight is 229 g/mol. The van der Waals surface area contributed by atoms with Gasteiger partial charge in [-0.3, -0.25) is 4.98 Å². The van der Waals surface area contributed by atoms with Gasteiger partial charge in [-0.15, -0.1) is 0 Å². The molecular weight excluding hydrogens is 214 g/mol. The maximum atomic E-state index is 11.7. The summed E-state index contributed by atoms with van der Waals surface area (Å²) in [6, 6.07) is 3.63. The number of aromatic nitrogens is 1. The van der Waals surface area contributed by atoms with E-state index in [0.29, 0.717) is 6.54 Å². The lowest BCUT2D eigenvalue weighted by atomic mass is 10.3. The molecule has 84 valence electrons. The van der Waals surface area contributed by atoms with Gasteiger partial charge in [-0.05, 0) is 11.6 Å². The van der Waals surface area contributed by atoms with Crippen molar-refractivity contribution in [3.63, 3.8) is 0 Å². The summed E-state index contributed by atoms with van der Waals surface area (Å²) in [5.41, 5.74) is 0.866. The van der Waals surface area contributed by atoms with Crippen LogP contribution in [0.15, 0.2) is 24.5 Å². The first-order chi connectivity index (χ1) is 6.94. The first-order valence-electron chi connectivity index (χ1n) is 4.47. The van der Waals surface area contributed by atoms with Gasteiger partial charge in [0.25, 0.3) is 10.2 Å². The molecule has 1 rings (SSSR count). The van der Waals surface area contributed by atoms with Crippen LogP contribution in [0.25, 0.3) is 0 Å². The topological polar surface area (TPSA) is 53.5 Å². The van der Waals surface area contributed by atoms with Crippen molar-refractivity contribution < 1.29 is 8.42 Å². The van der Waals surface area contributed by atoms with Crippen LogP contribution in [0, 0.1) is 0 Å². The number of rotatable bonds is 4. The van der Waals surface area contributed by atoms with Crippen LogP contribution in [0.3, 0.4) is 0 Å². The fourth-order valence-electron chi connectivity index (χ4n) is 1.11. The Balaban J connectivity index is 2.77. The van der Waals surface area contributed by atoms with E-state index < -0.39 is 10.2 Å². The maximum Gasteiger partial charge on any atom is 0.281 e. The minimum absolute atomic E-state index is 0.328. The molecule has 0 unspecified atom stereocenters. The van der Waals surface area contributed by atoms with Crippen molar-refractivity contribution in [1.29, 1.82) is 0 Å². The second-order valence-corrected chi connectivity index (χ2v) is 5.66. The van der Waals surface area contributed by atoms with Gasteiger partial charge >= 0.3 is 0 Å². The fraction of sp³-hybridized carbons (Fsp3) is 0.444. The van der Waals surface area contributed by atoms with Crippen LogP contribution in [0.1, 0.15) is 5.56 Å². The van der Waals surface area contributed by atoms with Gasteiger partial charge in [0.05, 0.1) is 0 Å². The summed E-state index contributed by atoms with van der Waals surface area (Å²) in [4.78, 5) is 3.93. The summed E-state index contributed by atoms with van der Waals surface area (Å²) in [6.45, 7) is 0.328. The summed E-state index contributed by atoms with van der Waals surface area (Å²) >= 11 is 0. The van der Waals surface area contributed by atoms with Crippen molar-refractivity contribution in [2.24, 2.45) is 0 Å². The highest BCUT2D eigenvalue weighted by molar-refractivity contribution is 7.86. The van der Waals surface area contributed by atoms with Gasteiger partial charge in [0.2, 0.25) is 0 Å². The summed E-state index contributed by atoms with van der Waals surface area (Å²) in [5, 5.41) is 0. The van der Waals surface area contributed by atoms with Crippen LogP contribution in [0.4, 0.5) is 0 Å². The lowest BCUT2D eigenvalue weighted by molar-refractivity contribution is 0.414. The zero-order valence-electron chi connectivity index (χ0n) is 9.08. The average Bonchev–Trinajstić information content (AvgIpc) is 2.18. The monoisotopic (exact) mass is 229 g/mol. The molecule has 1 aromatic heterocycles. The standard InChI is InChI=1S/C9H15N3O2S/c1-11(2)15(13,14)12(3)8-9-5-4-6-10-7-9/h4-7H,8H2,1-3H3. The van der Waals surface area contributed by atoms with E-state index in [1.807, 2.05) is 6.07 Å². The fourth-order valence-corrected chi connectivity index (χ4v) is 1.98. The quantitative estimate of drug-likeness (QED) is 0.747. The number of nitrogens with zero attached hydrogens (tertiary/aromatic N) is 3. The Hall–Kier alpha value is -0.980. The maximum absolute atomic E-state index is 11.7. The molecule has 0 fully saturated rings. The smallest absolute Gasteiger partial charge is 0.264 e. The predicted molar refractivity (Wildman–Crippen MR) is 58.3 cm³/mol. The molecule has 0 aliphatic heterocycles. The molecule has 1 heterocycles. The lowest BCUT2D eigenvalue weighted by Gasteiger charge is -2.21. The third-order valence-corrected chi connectivity index (χ3v) is 3.82. The normalized spacial score (nSPS) is 12.3. The molecule has 0 aliphatic carbocycles. The van der Waals surface area contributed by atoms with E-state index >= 15 is 0 Å². The summed E-state index contributed by atoms with van der Waals surface area (Å²) in [5.74, 6) is 0. The number of pyridine rings is 1. The van der Waals surface area contributed by atoms with Gasteiger partial charge in [0.1, 0.15) is 0 Å². The van der Waals surface area contributed by atoms with Crippen molar-refractivity contribution >= 4 is 10.2 Å². The van der Waals surface area contributed by atoms with Gasteiger partial charge in [-0.2, -0.15) is 17.0 Å². The van der Waals surface area contributed by atoms with Gasteiger partial charge < -0.3 is 0 Å². The van der Waals surface area contributed by atoms with Crippen LogP contribution in [0.2, 0.25) is 0 Å². The van der Waals surface area contributed by atoms with E-state index in [2.05, 4.69) is 4.98 Å². The molecule has 0 radical (unpaired) electrons. The van der Waals surface area contributed by atoms with Crippen molar-refractivity contribution in [1.82, 2.24) is 13.6 Å². The van der Waals surface area contributed by atoms with Gasteiger partial charge in [0.15, 0.2) is 0 Å². The van der Waals surface area contributed by atoms with E-state index in [1.54, 1.807) is 25.5 Å². The van der Waals surface area contributed by atoms with Crippen LogP contribution in [-0.2, 0) is 16.8 Å². The van der Waals surface area contributed by atoms with Gasteiger partial charge in [-0.25, -0.2) is 0 Å². The first-order valence-corrected chi connectivity index (χ1v) is 5.87. The van der Waals surface area contributed by atoms with E-state index in [9.17, 15) is 8.42 Å². The minimum Gasteiger partial charge on any atom is -0.264 e. The second-order valence-electron chi connectivity index (χ2n) is 3.41. The SMILES string of the molecule is CN(C)S(=O)(=O)N(C)Cc1cccnc1. The van der Waals surface area contributed by atoms with Crippen LogP contribution in [0.5, 0.6) is 0 Å². The Morgan fingerprint density at radius 2 is 2.00 bits per heavy atom. The molecule has 5 nitrogen and oxygen atoms in total. The van der Waals surface area contributed by atoms with Crippen molar-refractivity contribution in [3.8, 4) is 0 Å². The van der Waals surface area contributed by atoms with E-state index in [4.69, 9.17) is 0 Å². The molecule has 0 amide bonds. The largest absolute Gasteiger partial charge is 0.281 e. The Kier molecular flexibility index (Phi) is 3.78. The molecule has 0 aliphatic rings.